The molecule has 0 aliphatic carbocycles. The summed E-state index contributed by atoms with van der Waals surface area (Å²) in [6.45, 7) is 0. The Hall–Kier alpha value is 2.09. The molecule has 0 rings (SSSR count). The second-order valence-electron chi connectivity index (χ2n) is 0. The molecule has 0 fully saturated rings. The van der Waals surface area contributed by atoms with Gasteiger partial charge in [-0.3, -0.25) is 0 Å². The van der Waals surface area contributed by atoms with Crippen LogP contribution in [0.25, 0.3) is 0 Å². The maximum atomic E-state index is 0. The van der Waals surface area contributed by atoms with Gasteiger partial charge in [-0.1, -0.05) is 0 Å². The standard InChI is InChI=1S/B.Bi.Cu.Zn. The van der Waals surface area contributed by atoms with Gasteiger partial charge in [0.2, 0.25) is 0 Å². The van der Waals surface area contributed by atoms with Crippen molar-refractivity contribution >= 4 is 34.6 Å². The summed E-state index contributed by atoms with van der Waals surface area (Å²) in [4.78, 5) is 0. The minimum atomic E-state index is 0. The van der Waals surface area contributed by atoms with E-state index in [0.717, 1.165) is 0 Å². The second-order valence-corrected chi connectivity index (χ2v) is 0. The molecule has 0 heterocycles. The summed E-state index contributed by atoms with van der Waals surface area (Å²) in [5, 5.41) is 0. The van der Waals surface area contributed by atoms with Crippen LogP contribution in [-0.4, -0.2) is 34.6 Å². The molecule has 0 aromatic heterocycles. The SMILES string of the molecule is [B].[Bi].[Cu].[Zn]. The molecule has 7 radical (unpaired) electrons. The number of rotatable bonds is 0. The Bertz CT molecular complexity index is 8.00. The van der Waals surface area contributed by atoms with Gasteiger partial charge in [0.25, 0.3) is 0 Å². The van der Waals surface area contributed by atoms with Crippen molar-refractivity contribution in [1.82, 2.24) is 0 Å². The van der Waals surface area contributed by atoms with E-state index in [4.69, 9.17) is 0 Å². The van der Waals surface area contributed by atoms with E-state index in [1.807, 2.05) is 0 Å². The second kappa shape index (κ2) is 19.5. The van der Waals surface area contributed by atoms with Crippen LogP contribution >= 0.6 is 0 Å². The molecule has 0 nitrogen and oxygen atoms in total. The van der Waals surface area contributed by atoms with Crippen LogP contribution in [0.15, 0.2) is 0 Å². The molecule has 0 saturated carbocycles. The van der Waals surface area contributed by atoms with Crippen LogP contribution < -0.4 is 0 Å². The summed E-state index contributed by atoms with van der Waals surface area (Å²) in [7, 11) is 0. The van der Waals surface area contributed by atoms with Gasteiger partial charge in [0.1, 0.15) is 0 Å². The molecule has 0 N–H and O–H groups in total. The van der Waals surface area contributed by atoms with E-state index in [1.54, 1.807) is 0 Å². The quantitative estimate of drug-likeness (QED) is 0.505. The molecule has 0 spiro atoms. The Morgan fingerprint density at radius 3 is 1.00 bits per heavy atom. The first-order valence-corrected chi connectivity index (χ1v) is 0. The smallest absolute Gasteiger partial charge is 0 e. The molecule has 0 atom stereocenters. The Balaban J connectivity index is 0. The van der Waals surface area contributed by atoms with Gasteiger partial charge in [-0.05, 0) is 0 Å². The monoisotopic (exact) mass is 347 g/mol. The van der Waals surface area contributed by atoms with E-state index in [1.165, 1.54) is 0 Å². The van der Waals surface area contributed by atoms with Crippen LogP contribution in [0.4, 0.5) is 0 Å². The zero-order valence-corrected chi connectivity index (χ0v) is 9.42. The molecule has 0 aliphatic heterocycles. The normalized spacial score (nSPS) is 0. The van der Waals surface area contributed by atoms with E-state index in [9.17, 15) is 0 Å². The van der Waals surface area contributed by atoms with E-state index < -0.39 is 0 Å². The molecule has 4 heteroatoms. The van der Waals surface area contributed by atoms with Gasteiger partial charge in [0.15, 0.2) is 0 Å². The average Bonchev–Trinajstić information content (AvgIpc) is 0. The zero-order chi connectivity index (χ0) is 0. The van der Waals surface area contributed by atoms with Gasteiger partial charge in [0.05, 0.1) is 0 Å². The van der Waals surface area contributed by atoms with Crippen molar-refractivity contribution in [3.63, 3.8) is 0 Å². The number of hydrogen-bond acceptors (Lipinski definition) is 0. The Kier molecular flexibility index (Phi) is 176. The first kappa shape index (κ1) is 36.1. The summed E-state index contributed by atoms with van der Waals surface area (Å²) in [5.41, 5.74) is 0. The minimum Gasteiger partial charge on any atom is 0 e. The molecule has 0 bridgehead atoms. The molecular weight excluding hydrogens is 349 g/mol. The molecule has 0 aromatic carbocycles. The van der Waals surface area contributed by atoms with Crippen LogP contribution in [0.1, 0.15) is 0 Å². The summed E-state index contributed by atoms with van der Waals surface area (Å²) < 4.78 is 0. The van der Waals surface area contributed by atoms with Crippen LogP contribution in [0, 0.1) is 0 Å². The number of hydrogen-bond donors (Lipinski definition) is 0. The Morgan fingerprint density at radius 1 is 1.00 bits per heavy atom. The molecular formula is BBiCuZn. The van der Waals surface area contributed by atoms with Crippen molar-refractivity contribution in [1.29, 1.82) is 0 Å². The van der Waals surface area contributed by atoms with Crippen molar-refractivity contribution in [2.45, 2.75) is 0 Å². The molecule has 0 aliphatic rings. The molecule has 0 aromatic rings. The summed E-state index contributed by atoms with van der Waals surface area (Å²) in [5.74, 6) is 0. The topological polar surface area (TPSA) is 0 Å². The largest absolute Gasteiger partial charge is 0 e. The van der Waals surface area contributed by atoms with Crippen molar-refractivity contribution in [2.24, 2.45) is 0 Å². The minimum absolute atomic E-state index is 0. The molecule has 4 heavy (non-hydrogen) atoms. The molecule has 0 saturated heterocycles. The van der Waals surface area contributed by atoms with Crippen molar-refractivity contribution in [3.05, 3.63) is 0 Å². The fraction of sp³-hybridized carbons (Fsp3) is 0. The predicted molar refractivity (Wildman–Crippen MR) is 11.5 cm³/mol. The van der Waals surface area contributed by atoms with Crippen LogP contribution in [0.5, 0.6) is 0 Å². The molecule has 0 unspecified atom stereocenters. The third kappa shape index (κ3) is 8.94. The zero-order valence-electron chi connectivity index (χ0n) is 2.03. The first-order chi connectivity index (χ1) is 0. The average molecular weight is 349 g/mol. The van der Waals surface area contributed by atoms with E-state index >= 15 is 0 Å². The van der Waals surface area contributed by atoms with Crippen LogP contribution in [0.2, 0.25) is 0 Å². The van der Waals surface area contributed by atoms with Crippen LogP contribution in [-0.2, 0) is 36.5 Å². The van der Waals surface area contributed by atoms with Gasteiger partial charge in [0, 0.05) is 71.2 Å². The summed E-state index contributed by atoms with van der Waals surface area (Å²) in [6.07, 6.45) is 0. The fourth-order valence-electron chi connectivity index (χ4n) is 0. The Morgan fingerprint density at radius 2 is 1.00 bits per heavy atom. The maximum Gasteiger partial charge on any atom is 0 e. The van der Waals surface area contributed by atoms with E-state index in [2.05, 4.69) is 0 Å². The van der Waals surface area contributed by atoms with Gasteiger partial charge in [-0.2, -0.15) is 0 Å². The van der Waals surface area contributed by atoms with Crippen LogP contribution in [0.3, 0.4) is 0 Å². The van der Waals surface area contributed by atoms with E-state index in [0.29, 0.717) is 0 Å². The molecule has 0 amide bonds. The first-order valence-electron chi connectivity index (χ1n) is 0. The summed E-state index contributed by atoms with van der Waals surface area (Å²) >= 11 is 0. The Labute approximate surface area is 70.4 Å². The van der Waals surface area contributed by atoms with Crippen molar-refractivity contribution in [2.75, 3.05) is 0 Å². The van der Waals surface area contributed by atoms with Gasteiger partial charge in [-0.15, -0.1) is 0 Å². The van der Waals surface area contributed by atoms with E-state index in [-0.39, 0.29) is 71.2 Å². The van der Waals surface area contributed by atoms with Gasteiger partial charge < -0.3 is 0 Å². The maximum absolute atomic E-state index is 0. The predicted octanol–water partition coefficient (Wildman–Crippen LogP) is -0.767. The van der Waals surface area contributed by atoms with Crippen molar-refractivity contribution < 1.29 is 36.5 Å². The molecule has 21 valence electrons. The third-order valence-corrected chi connectivity index (χ3v) is 0. The van der Waals surface area contributed by atoms with Gasteiger partial charge >= 0.3 is 0 Å². The fourth-order valence-corrected chi connectivity index (χ4v) is 0. The van der Waals surface area contributed by atoms with Crippen molar-refractivity contribution in [3.8, 4) is 0 Å². The summed E-state index contributed by atoms with van der Waals surface area (Å²) in [6, 6.07) is 0. The van der Waals surface area contributed by atoms with Gasteiger partial charge in [-0.25, -0.2) is 0 Å². The third-order valence-electron chi connectivity index (χ3n) is 0.